The van der Waals surface area contributed by atoms with Crippen LogP contribution in [-0.2, 0) is 0 Å². The molecule has 6 heteroatoms. The smallest absolute Gasteiger partial charge is 0.423 e. The zero-order valence-electron chi connectivity index (χ0n) is 9.21. The largest absolute Gasteiger partial charge is 0.464 e. The number of carboxylic acid groups (broad SMARTS) is 1. The van der Waals surface area contributed by atoms with Gasteiger partial charge in [0.1, 0.15) is 5.76 Å². The van der Waals surface area contributed by atoms with Crippen molar-refractivity contribution in [2.24, 2.45) is 0 Å². The standard InChI is InChI=1S/C12H10N2O4/c15-11(13-14-12(16)17)10-7-6-9(18-10)8-4-2-1-3-5-8/h1-7,14H,(H,13,15)(H,16,17). The molecule has 0 aliphatic carbocycles. The van der Waals surface area contributed by atoms with Crippen LogP contribution >= 0.6 is 0 Å². The van der Waals surface area contributed by atoms with Gasteiger partial charge in [-0.05, 0) is 12.1 Å². The van der Waals surface area contributed by atoms with Gasteiger partial charge in [-0.2, -0.15) is 0 Å². The van der Waals surface area contributed by atoms with E-state index >= 15 is 0 Å². The minimum atomic E-state index is -1.35. The summed E-state index contributed by atoms with van der Waals surface area (Å²) in [6.45, 7) is 0. The van der Waals surface area contributed by atoms with Crippen LogP contribution in [0.1, 0.15) is 10.6 Å². The minimum Gasteiger partial charge on any atom is -0.464 e. The van der Waals surface area contributed by atoms with E-state index < -0.39 is 12.0 Å². The highest BCUT2D eigenvalue weighted by Crippen LogP contribution is 2.21. The predicted molar refractivity (Wildman–Crippen MR) is 62.8 cm³/mol. The van der Waals surface area contributed by atoms with Crippen molar-refractivity contribution >= 4 is 12.0 Å². The number of hydrogen-bond donors (Lipinski definition) is 3. The molecule has 1 heterocycles. The zero-order valence-corrected chi connectivity index (χ0v) is 9.21. The Morgan fingerprint density at radius 3 is 2.39 bits per heavy atom. The Balaban J connectivity index is 2.11. The Morgan fingerprint density at radius 1 is 1.00 bits per heavy atom. The Hall–Kier alpha value is -2.76. The van der Waals surface area contributed by atoms with Crippen LogP contribution in [-0.4, -0.2) is 17.1 Å². The highest BCUT2D eigenvalue weighted by atomic mass is 16.4. The van der Waals surface area contributed by atoms with E-state index in [1.165, 1.54) is 6.07 Å². The van der Waals surface area contributed by atoms with E-state index in [1.807, 2.05) is 35.8 Å². The number of benzene rings is 1. The fourth-order valence-corrected chi connectivity index (χ4v) is 1.39. The van der Waals surface area contributed by atoms with Crippen molar-refractivity contribution in [2.45, 2.75) is 0 Å². The van der Waals surface area contributed by atoms with Gasteiger partial charge in [-0.15, -0.1) is 0 Å². The first-order chi connectivity index (χ1) is 8.66. The number of carbonyl (C=O) groups is 2. The normalized spacial score (nSPS) is 9.78. The summed E-state index contributed by atoms with van der Waals surface area (Å²) in [6.07, 6.45) is -1.35. The highest BCUT2D eigenvalue weighted by molar-refractivity contribution is 5.92. The molecule has 1 aromatic carbocycles. The van der Waals surface area contributed by atoms with Crippen LogP contribution in [0.15, 0.2) is 46.9 Å². The molecule has 0 saturated heterocycles. The molecule has 0 bridgehead atoms. The van der Waals surface area contributed by atoms with Gasteiger partial charge >= 0.3 is 12.0 Å². The fourth-order valence-electron chi connectivity index (χ4n) is 1.39. The molecule has 2 rings (SSSR count). The molecule has 1 aromatic heterocycles. The van der Waals surface area contributed by atoms with Gasteiger partial charge in [-0.1, -0.05) is 30.3 Å². The van der Waals surface area contributed by atoms with Gasteiger partial charge in [0.25, 0.3) is 0 Å². The Morgan fingerprint density at radius 2 is 1.72 bits per heavy atom. The van der Waals surface area contributed by atoms with Crippen LogP contribution in [0.2, 0.25) is 0 Å². The van der Waals surface area contributed by atoms with E-state index in [0.717, 1.165) is 5.56 Å². The van der Waals surface area contributed by atoms with Crippen molar-refractivity contribution in [3.63, 3.8) is 0 Å². The van der Waals surface area contributed by atoms with Crippen molar-refractivity contribution < 1.29 is 19.1 Å². The number of furan rings is 1. The minimum absolute atomic E-state index is 0.0302. The van der Waals surface area contributed by atoms with E-state index in [2.05, 4.69) is 0 Å². The number of carbonyl (C=O) groups excluding carboxylic acids is 1. The summed E-state index contributed by atoms with van der Waals surface area (Å²) in [4.78, 5) is 21.7. The molecule has 2 aromatic rings. The van der Waals surface area contributed by atoms with Crippen LogP contribution in [0, 0.1) is 0 Å². The van der Waals surface area contributed by atoms with Crippen LogP contribution in [0.25, 0.3) is 11.3 Å². The SMILES string of the molecule is O=C(O)NNC(=O)c1ccc(-c2ccccc2)o1. The number of hydrazine groups is 1. The Labute approximate surface area is 102 Å². The maximum absolute atomic E-state index is 11.5. The molecule has 0 radical (unpaired) electrons. The first kappa shape index (κ1) is 11.7. The third-order valence-electron chi connectivity index (χ3n) is 2.17. The maximum Gasteiger partial charge on any atom is 0.423 e. The molecular weight excluding hydrogens is 236 g/mol. The summed E-state index contributed by atoms with van der Waals surface area (Å²) in [5.41, 5.74) is 4.57. The van der Waals surface area contributed by atoms with Crippen LogP contribution < -0.4 is 10.9 Å². The second-order valence-electron chi connectivity index (χ2n) is 3.41. The van der Waals surface area contributed by atoms with Crippen molar-refractivity contribution in [1.82, 2.24) is 10.9 Å². The molecule has 92 valence electrons. The van der Waals surface area contributed by atoms with Gasteiger partial charge in [0.2, 0.25) is 0 Å². The number of hydrogen-bond acceptors (Lipinski definition) is 3. The van der Waals surface area contributed by atoms with E-state index in [0.29, 0.717) is 5.76 Å². The average Bonchev–Trinajstić information content (AvgIpc) is 2.86. The molecular formula is C12H10N2O4. The van der Waals surface area contributed by atoms with Crippen molar-refractivity contribution in [3.8, 4) is 11.3 Å². The summed E-state index contributed by atoms with van der Waals surface area (Å²) in [6, 6.07) is 12.4. The van der Waals surface area contributed by atoms with Gasteiger partial charge < -0.3 is 9.52 Å². The summed E-state index contributed by atoms with van der Waals surface area (Å²) in [5, 5.41) is 8.34. The lowest BCUT2D eigenvalue weighted by molar-refractivity contribution is 0.0899. The molecule has 0 aliphatic rings. The molecule has 0 fully saturated rings. The lowest BCUT2D eigenvalue weighted by atomic mass is 10.2. The third kappa shape index (κ3) is 2.67. The van der Waals surface area contributed by atoms with Crippen molar-refractivity contribution in [3.05, 3.63) is 48.2 Å². The topological polar surface area (TPSA) is 91.6 Å². The summed E-state index contributed by atoms with van der Waals surface area (Å²) < 4.78 is 5.32. The van der Waals surface area contributed by atoms with Gasteiger partial charge in [-0.25, -0.2) is 10.2 Å². The first-order valence-corrected chi connectivity index (χ1v) is 5.11. The molecule has 0 aliphatic heterocycles. The van der Waals surface area contributed by atoms with Crippen LogP contribution in [0.3, 0.4) is 0 Å². The lowest BCUT2D eigenvalue weighted by Crippen LogP contribution is -2.40. The summed E-state index contributed by atoms with van der Waals surface area (Å²) in [5.74, 6) is -0.0849. The molecule has 2 amide bonds. The number of amides is 2. The number of rotatable bonds is 2. The van der Waals surface area contributed by atoms with Gasteiger partial charge in [0.05, 0.1) is 0 Å². The fraction of sp³-hybridized carbons (Fsp3) is 0. The van der Waals surface area contributed by atoms with Crippen molar-refractivity contribution in [1.29, 1.82) is 0 Å². The van der Waals surface area contributed by atoms with E-state index in [4.69, 9.17) is 9.52 Å². The second-order valence-corrected chi connectivity index (χ2v) is 3.41. The van der Waals surface area contributed by atoms with Crippen LogP contribution in [0.5, 0.6) is 0 Å². The lowest BCUT2D eigenvalue weighted by Gasteiger charge is -2.00. The van der Waals surface area contributed by atoms with Gasteiger partial charge in [-0.3, -0.25) is 10.2 Å². The molecule has 0 atom stereocenters. The quantitative estimate of drug-likeness (QED) is 0.705. The van der Waals surface area contributed by atoms with Crippen molar-refractivity contribution in [2.75, 3.05) is 0 Å². The van der Waals surface area contributed by atoms with Crippen LogP contribution in [0.4, 0.5) is 4.79 Å². The molecule has 0 spiro atoms. The summed E-state index contributed by atoms with van der Waals surface area (Å²) >= 11 is 0. The Bertz CT molecular complexity index is 562. The highest BCUT2D eigenvalue weighted by Gasteiger charge is 2.12. The van der Waals surface area contributed by atoms with Gasteiger partial charge in [0, 0.05) is 5.56 Å². The third-order valence-corrected chi connectivity index (χ3v) is 2.17. The molecule has 3 N–H and O–H groups in total. The molecule has 18 heavy (non-hydrogen) atoms. The molecule has 0 unspecified atom stereocenters. The van der Waals surface area contributed by atoms with E-state index in [1.54, 1.807) is 11.5 Å². The maximum atomic E-state index is 11.5. The first-order valence-electron chi connectivity index (χ1n) is 5.11. The van der Waals surface area contributed by atoms with E-state index in [-0.39, 0.29) is 5.76 Å². The van der Waals surface area contributed by atoms with Gasteiger partial charge in [0.15, 0.2) is 5.76 Å². The summed E-state index contributed by atoms with van der Waals surface area (Å²) in [7, 11) is 0. The van der Waals surface area contributed by atoms with E-state index in [9.17, 15) is 9.59 Å². The molecule has 6 nitrogen and oxygen atoms in total. The average molecular weight is 246 g/mol. The Kier molecular flexibility index (Phi) is 3.29. The monoisotopic (exact) mass is 246 g/mol. The predicted octanol–water partition coefficient (Wildman–Crippen LogP) is 1.86. The second kappa shape index (κ2) is 5.05. The molecule has 0 saturated carbocycles. The zero-order chi connectivity index (χ0) is 13.0. The number of nitrogens with one attached hydrogen (secondary N) is 2.